The third-order valence-electron chi connectivity index (χ3n) is 4.35. The minimum Gasteiger partial charge on any atom is -0.337 e. The number of aryl methyl sites for hydroxylation is 1. The van der Waals surface area contributed by atoms with Gasteiger partial charge in [-0.25, -0.2) is 0 Å². The van der Waals surface area contributed by atoms with Crippen molar-refractivity contribution in [3.63, 3.8) is 0 Å². The van der Waals surface area contributed by atoms with Gasteiger partial charge in [-0.05, 0) is 55.7 Å². The molecule has 0 bridgehead atoms. The van der Waals surface area contributed by atoms with Gasteiger partial charge in [0, 0.05) is 23.1 Å². The minimum absolute atomic E-state index is 0.136. The third-order valence-corrected chi connectivity index (χ3v) is 4.84. The number of amides is 2. The summed E-state index contributed by atoms with van der Waals surface area (Å²) in [6, 6.07) is 14.9. The van der Waals surface area contributed by atoms with Gasteiger partial charge in [-0.3, -0.25) is 9.59 Å². The molecule has 2 amide bonds. The molecule has 1 N–H and O–H groups in total. The highest BCUT2D eigenvalue weighted by atomic mass is 79.9. The summed E-state index contributed by atoms with van der Waals surface area (Å²) in [6.07, 6.45) is 3.74. The molecular weight excluding hydrogens is 392 g/mol. The first-order chi connectivity index (χ1) is 12.5. The lowest BCUT2D eigenvalue weighted by atomic mass is 10.1. The quantitative estimate of drug-likeness (QED) is 0.766. The second-order valence-corrected chi connectivity index (χ2v) is 7.35. The first-order valence-corrected chi connectivity index (χ1v) is 9.47. The number of carbonyl (C=O) groups is 2. The molecule has 1 heterocycles. The van der Waals surface area contributed by atoms with Crippen molar-refractivity contribution in [2.75, 3.05) is 13.1 Å². The van der Waals surface area contributed by atoms with Gasteiger partial charge in [0.15, 0.2) is 0 Å². The van der Waals surface area contributed by atoms with Crippen LogP contribution in [0.5, 0.6) is 0 Å². The van der Waals surface area contributed by atoms with Gasteiger partial charge in [0.2, 0.25) is 0 Å². The summed E-state index contributed by atoms with van der Waals surface area (Å²) in [4.78, 5) is 27.3. The van der Waals surface area contributed by atoms with E-state index in [1.54, 1.807) is 23.1 Å². The van der Waals surface area contributed by atoms with Crippen LogP contribution < -0.4 is 5.32 Å². The third kappa shape index (κ3) is 4.61. The first-order valence-electron chi connectivity index (χ1n) is 8.67. The topological polar surface area (TPSA) is 49.4 Å². The Labute approximate surface area is 162 Å². The molecule has 26 heavy (non-hydrogen) atoms. The molecule has 0 unspecified atom stereocenters. The normalized spacial score (nSPS) is 14.4. The molecule has 1 aliphatic heterocycles. The zero-order chi connectivity index (χ0) is 18.5. The van der Waals surface area contributed by atoms with Gasteiger partial charge in [-0.1, -0.05) is 45.8 Å². The summed E-state index contributed by atoms with van der Waals surface area (Å²) in [7, 11) is 0. The summed E-state index contributed by atoms with van der Waals surface area (Å²) in [6.45, 7) is 3.43. The maximum absolute atomic E-state index is 12.9. The molecule has 3 rings (SSSR count). The number of nitrogens with one attached hydrogen (secondary N) is 1. The SMILES string of the molecule is Cc1ccc(C(=O)N/C(=C/c2cccc(Br)c2)C(=O)N2CCCC2)cc1. The second kappa shape index (κ2) is 8.32. The number of benzene rings is 2. The molecular formula is C21H21BrN2O2. The Hall–Kier alpha value is -2.40. The average molecular weight is 413 g/mol. The van der Waals surface area contributed by atoms with Crippen LogP contribution in [-0.2, 0) is 4.79 Å². The van der Waals surface area contributed by atoms with Crippen LogP contribution in [0.3, 0.4) is 0 Å². The minimum atomic E-state index is -0.279. The van der Waals surface area contributed by atoms with E-state index in [1.807, 2.05) is 43.3 Å². The van der Waals surface area contributed by atoms with Gasteiger partial charge >= 0.3 is 0 Å². The molecule has 0 atom stereocenters. The van der Waals surface area contributed by atoms with Crippen LogP contribution >= 0.6 is 15.9 Å². The number of rotatable bonds is 4. The molecule has 2 aromatic carbocycles. The van der Waals surface area contributed by atoms with Crippen molar-refractivity contribution in [2.45, 2.75) is 19.8 Å². The maximum Gasteiger partial charge on any atom is 0.270 e. The summed E-state index contributed by atoms with van der Waals surface area (Å²) < 4.78 is 0.920. The van der Waals surface area contributed by atoms with Gasteiger partial charge in [-0.15, -0.1) is 0 Å². The molecule has 1 saturated heterocycles. The first kappa shape index (κ1) is 18.4. The van der Waals surface area contributed by atoms with Crippen molar-refractivity contribution in [3.8, 4) is 0 Å². The fourth-order valence-electron chi connectivity index (χ4n) is 2.90. The Balaban J connectivity index is 1.88. The van der Waals surface area contributed by atoms with E-state index in [9.17, 15) is 9.59 Å². The van der Waals surface area contributed by atoms with Crippen LogP contribution in [0.25, 0.3) is 6.08 Å². The van der Waals surface area contributed by atoms with Gasteiger partial charge in [0.25, 0.3) is 11.8 Å². The molecule has 2 aromatic rings. The van der Waals surface area contributed by atoms with Crippen molar-refractivity contribution in [1.29, 1.82) is 0 Å². The van der Waals surface area contributed by atoms with Crippen LogP contribution in [0.4, 0.5) is 0 Å². The molecule has 0 saturated carbocycles. The lowest BCUT2D eigenvalue weighted by molar-refractivity contribution is -0.126. The van der Waals surface area contributed by atoms with Crippen molar-refractivity contribution >= 4 is 33.8 Å². The summed E-state index contributed by atoms with van der Waals surface area (Å²) in [5.74, 6) is -0.415. The predicted octanol–water partition coefficient (Wildman–Crippen LogP) is 4.15. The van der Waals surface area contributed by atoms with Crippen LogP contribution in [0.2, 0.25) is 0 Å². The molecule has 0 aromatic heterocycles. The van der Waals surface area contributed by atoms with E-state index >= 15 is 0 Å². The van der Waals surface area contributed by atoms with Gasteiger partial charge in [0.1, 0.15) is 5.70 Å². The maximum atomic E-state index is 12.9. The number of nitrogens with zero attached hydrogens (tertiary/aromatic N) is 1. The molecule has 4 nitrogen and oxygen atoms in total. The monoisotopic (exact) mass is 412 g/mol. The molecule has 134 valence electrons. The fourth-order valence-corrected chi connectivity index (χ4v) is 3.32. The standard InChI is InChI=1S/C21H21BrN2O2/c1-15-7-9-17(10-8-15)20(25)23-19(21(26)24-11-2-3-12-24)14-16-5-4-6-18(22)13-16/h4-10,13-14H,2-3,11-12H2,1H3,(H,23,25)/b19-14+. The smallest absolute Gasteiger partial charge is 0.270 e. The summed E-state index contributed by atoms with van der Waals surface area (Å²) >= 11 is 3.44. The zero-order valence-electron chi connectivity index (χ0n) is 14.7. The van der Waals surface area contributed by atoms with Gasteiger partial charge < -0.3 is 10.2 Å². The number of carbonyl (C=O) groups excluding carboxylic acids is 2. The number of hydrogen-bond acceptors (Lipinski definition) is 2. The van der Waals surface area contributed by atoms with E-state index in [0.717, 1.165) is 41.5 Å². The molecule has 1 fully saturated rings. The van der Waals surface area contributed by atoms with Crippen LogP contribution in [0, 0.1) is 6.92 Å². The Morgan fingerprint density at radius 3 is 2.42 bits per heavy atom. The van der Waals surface area contributed by atoms with Crippen molar-refractivity contribution in [1.82, 2.24) is 10.2 Å². The molecule has 0 spiro atoms. The van der Waals surface area contributed by atoms with E-state index in [1.165, 1.54) is 0 Å². The zero-order valence-corrected chi connectivity index (χ0v) is 16.3. The molecule has 0 radical (unpaired) electrons. The van der Waals surface area contributed by atoms with Crippen molar-refractivity contribution in [2.24, 2.45) is 0 Å². The second-order valence-electron chi connectivity index (χ2n) is 6.43. The van der Waals surface area contributed by atoms with Crippen LogP contribution in [0.1, 0.15) is 34.3 Å². The van der Waals surface area contributed by atoms with E-state index in [0.29, 0.717) is 11.3 Å². The number of halogens is 1. The average Bonchev–Trinajstić information content (AvgIpc) is 3.16. The molecule has 5 heteroatoms. The molecule has 0 aliphatic carbocycles. The van der Waals surface area contributed by atoms with Gasteiger partial charge in [-0.2, -0.15) is 0 Å². The van der Waals surface area contributed by atoms with E-state index < -0.39 is 0 Å². The fraction of sp³-hybridized carbons (Fsp3) is 0.238. The number of likely N-dealkylation sites (tertiary alicyclic amines) is 1. The highest BCUT2D eigenvalue weighted by molar-refractivity contribution is 9.10. The van der Waals surface area contributed by atoms with Crippen LogP contribution in [-0.4, -0.2) is 29.8 Å². The molecule has 1 aliphatic rings. The Morgan fingerprint density at radius 1 is 1.08 bits per heavy atom. The van der Waals surface area contributed by atoms with E-state index in [4.69, 9.17) is 0 Å². The highest BCUT2D eigenvalue weighted by Gasteiger charge is 2.23. The lowest BCUT2D eigenvalue weighted by Crippen LogP contribution is -2.36. The Morgan fingerprint density at radius 2 is 1.77 bits per heavy atom. The highest BCUT2D eigenvalue weighted by Crippen LogP contribution is 2.17. The predicted molar refractivity (Wildman–Crippen MR) is 107 cm³/mol. The van der Waals surface area contributed by atoms with Crippen molar-refractivity contribution < 1.29 is 9.59 Å². The summed E-state index contributed by atoms with van der Waals surface area (Å²) in [5.41, 5.74) is 2.77. The van der Waals surface area contributed by atoms with Gasteiger partial charge in [0.05, 0.1) is 0 Å². The largest absolute Gasteiger partial charge is 0.337 e. The van der Waals surface area contributed by atoms with E-state index in [2.05, 4.69) is 21.2 Å². The Kier molecular flexibility index (Phi) is 5.89. The van der Waals surface area contributed by atoms with Crippen molar-refractivity contribution in [3.05, 3.63) is 75.4 Å². The number of hydrogen-bond donors (Lipinski definition) is 1. The summed E-state index contributed by atoms with van der Waals surface area (Å²) in [5, 5.41) is 2.81. The lowest BCUT2D eigenvalue weighted by Gasteiger charge is -2.18. The van der Waals surface area contributed by atoms with E-state index in [-0.39, 0.29) is 11.8 Å². The Bertz CT molecular complexity index is 837. The van der Waals surface area contributed by atoms with Crippen LogP contribution in [0.15, 0.2) is 58.7 Å².